The minimum atomic E-state index is -2.40. The summed E-state index contributed by atoms with van der Waals surface area (Å²) in [6.45, 7) is 0.485. The molecule has 1 amide bonds. The molecule has 0 bridgehead atoms. The van der Waals surface area contributed by atoms with E-state index in [0.717, 1.165) is 16.6 Å². The molecular weight excluding hydrogens is 316 g/mol. The summed E-state index contributed by atoms with van der Waals surface area (Å²) in [5, 5.41) is 3.13. The van der Waals surface area contributed by atoms with E-state index in [1.165, 1.54) is 4.70 Å². The van der Waals surface area contributed by atoms with Crippen LogP contribution in [-0.4, -0.2) is 12.3 Å². The molecule has 23 heavy (non-hydrogen) atoms. The highest BCUT2D eigenvalue weighted by molar-refractivity contribution is 7.17. The van der Waals surface area contributed by atoms with Gasteiger partial charge in [-0.15, -0.1) is 11.3 Å². The highest BCUT2D eigenvalue weighted by Gasteiger charge is 2.29. The summed E-state index contributed by atoms with van der Waals surface area (Å²) in [5.41, 5.74) is 2.77. The van der Waals surface area contributed by atoms with E-state index < -0.39 is 6.43 Å². The van der Waals surface area contributed by atoms with Gasteiger partial charge in [0.2, 0.25) is 6.43 Å². The van der Waals surface area contributed by atoms with E-state index in [0.29, 0.717) is 17.7 Å². The fourth-order valence-corrected chi connectivity index (χ4v) is 3.75. The fourth-order valence-electron chi connectivity index (χ4n) is 2.98. The van der Waals surface area contributed by atoms with Gasteiger partial charge in [0.15, 0.2) is 0 Å². The van der Waals surface area contributed by atoms with Crippen molar-refractivity contribution in [3.05, 3.63) is 64.5 Å². The van der Waals surface area contributed by atoms with E-state index in [1.54, 1.807) is 34.4 Å². The molecule has 4 rings (SSSR count). The lowest BCUT2D eigenvalue weighted by molar-refractivity contribution is 0.0996. The van der Waals surface area contributed by atoms with Gasteiger partial charge < -0.3 is 4.90 Å². The first-order valence-corrected chi connectivity index (χ1v) is 8.19. The minimum Gasteiger partial charge on any atom is -0.304 e. The molecule has 2 heterocycles. The van der Waals surface area contributed by atoms with Crippen molar-refractivity contribution >= 4 is 33.0 Å². The predicted octanol–water partition coefficient (Wildman–Crippen LogP) is 4.87. The maximum atomic E-state index is 12.7. The minimum absolute atomic E-state index is 0.120. The summed E-state index contributed by atoms with van der Waals surface area (Å²) >= 11 is 1.66. The highest BCUT2D eigenvalue weighted by atomic mass is 32.1. The van der Waals surface area contributed by atoms with Gasteiger partial charge in [-0.05, 0) is 52.2 Å². The zero-order chi connectivity index (χ0) is 16.0. The van der Waals surface area contributed by atoms with Crippen molar-refractivity contribution in [1.29, 1.82) is 0 Å². The monoisotopic (exact) mass is 329 g/mol. The first kappa shape index (κ1) is 14.3. The Bertz CT molecular complexity index is 903. The Morgan fingerprint density at radius 1 is 1.13 bits per heavy atom. The molecule has 2 nitrogen and oxygen atoms in total. The fraction of sp³-hybridized carbons (Fsp3) is 0.167. The summed E-state index contributed by atoms with van der Waals surface area (Å²) in [7, 11) is 0. The number of rotatable bonds is 3. The first-order valence-electron chi connectivity index (χ1n) is 7.31. The second-order valence-electron chi connectivity index (χ2n) is 5.62. The van der Waals surface area contributed by atoms with Crippen LogP contribution in [0.3, 0.4) is 0 Å². The van der Waals surface area contributed by atoms with E-state index in [-0.39, 0.29) is 12.3 Å². The van der Waals surface area contributed by atoms with E-state index in [4.69, 9.17) is 0 Å². The van der Waals surface area contributed by atoms with Crippen LogP contribution in [0.2, 0.25) is 0 Å². The van der Waals surface area contributed by atoms with Crippen LogP contribution >= 0.6 is 11.3 Å². The van der Waals surface area contributed by atoms with Crippen molar-refractivity contribution in [2.24, 2.45) is 0 Å². The largest absolute Gasteiger partial charge is 0.304 e. The van der Waals surface area contributed by atoms with Crippen LogP contribution in [0.4, 0.5) is 14.5 Å². The Kier molecular flexibility index (Phi) is 3.38. The van der Waals surface area contributed by atoms with Crippen LogP contribution in [0.15, 0.2) is 47.8 Å². The number of hydrogen-bond acceptors (Lipinski definition) is 2. The Labute approximate surface area is 136 Å². The molecule has 2 aromatic carbocycles. The second-order valence-corrected chi connectivity index (χ2v) is 6.57. The van der Waals surface area contributed by atoms with E-state index in [1.807, 2.05) is 29.6 Å². The van der Waals surface area contributed by atoms with Crippen molar-refractivity contribution in [1.82, 2.24) is 0 Å². The quantitative estimate of drug-likeness (QED) is 0.671. The molecule has 3 aromatic rings. The summed E-state index contributed by atoms with van der Waals surface area (Å²) in [6.07, 6.45) is -2.72. The molecule has 116 valence electrons. The standard InChI is InChI=1S/C18H13F2NOS/c19-17(20)8-11-1-2-13-10-21(18(22)15(13)7-11)14-3-4-16-12(9-14)5-6-23-16/h1-7,9,17H,8,10H2. The molecule has 0 saturated heterocycles. The number of benzene rings is 2. The van der Waals surface area contributed by atoms with E-state index >= 15 is 0 Å². The van der Waals surface area contributed by atoms with Crippen molar-refractivity contribution in [3.63, 3.8) is 0 Å². The maximum Gasteiger partial charge on any atom is 0.258 e. The van der Waals surface area contributed by atoms with Gasteiger partial charge >= 0.3 is 0 Å². The van der Waals surface area contributed by atoms with Crippen LogP contribution in [0.1, 0.15) is 21.5 Å². The van der Waals surface area contributed by atoms with Gasteiger partial charge in [-0.1, -0.05) is 12.1 Å². The van der Waals surface area contributed by atoms with Crippen LogP contribution in [-0.2, 0) is 13.0 Å². The third-order valence-corrected chi connectivity index (χ3v) is 5.01. The number of anilines is 1. The molecule has 0 aliphatic carbocycles. The lowest BCUT2D eigenvalue weighted by Crippen LogP contribution is -2.22. The van der Waals surface area contributed by atoms with Crippen LogP contribution in [0, 0.1) is 0 Å². The topological polar surface area (TPSA) is 20.3 Å². The van der Waals surface area contributed by atoms with Gasteiger partial charge in [-0.3, -0.25) is 4.79 Å². The van der Waals surface area contributed by atoms with Crippen molar-refractivity contribution in [2.75, 3.05) is 4.90 Å². The number of nitrogens with zero attached hydrogens (tertiary/aromatic N) is 1. The number of alkyl halides is 2. The van der Waals surface area contributed by atoms with Crippen LogP contribution < -0.4 is 4.90 Å². The van der Waals surface area contributed by atoms with Gasteiger partial charge in [-0.25, -0.2) is 8.78 Å². The molecule has 5 heteroatoms. The zero-order valence-electron chi connectivity index (χ0n) is 12.1. The molecular formula is C18H13F2NOS. The van der Waals surface area contributed by atoms with Gasteiger partial charge in [0.1, 0.15) is 0 Å². The summed E-state index contributed by atoms with van der Waals surface area (Å²) in [6, 6.07) is 13.0. The Morgan fingerprint density at radius 3 is 2.83 bits per heavy atom. The summed E-state index contributed by atoms with van der Waals surface area (Å²) in [5.74, 6) is -0.120. The molecule has 0 spiro atoms. The molecule has 0 N–H and O–H groups in total. The van der Waals surface area contributed by atoms with Crippen molar-refractivity contribution in [2.45, 2.75) is 19.4 Å². The third kappa shape index (κ3) is 2.51. The molecule has 1 aromatic heterocycles. The van der Waals surface area contributed by atoms with E-state index in [2.05, 4.69) is 0 Å². The highest BCUT2D eigenvalue weighted by Crippen LogP contribution is 2.32. The molecule has 0 saturated carbocycles. The average molecular weight is 329 g/mol. The molecule has 1 aliphatic heterocycles. The molecule has 0 fully saturated rings. The number of thiophene rings is 1. The number of amides is 1. The SMILES string of the molecule is O=C1c2cc(CC(F)F)ccc2CN1c1ccc2sccc2c1. The Balaban J connectivity index is 1.68. The zero-order valence-corrected chi connectivity index (χ0v) is 12.9. The predicted molar refractivity (Wildman–Crippen MR) is 88.5 cm³/mol. The number of halogens is 2. The Hall–Kier alpha value is -2.27. The van der Waals surface area contributed by atoms with Crippen molar-refractivity contribution < 1.29 is 13.6 Å². The van der Waals surface area contributed by atoms with Crippen LogP contribution in [0.5, 0.6) is 0 Å². The lowest BCUT2D eigenvalue weighted by atomic mass is 10.0. The Morgan fingerprint density at radius 2 is 2.00 bits per heavy atom. The van der Waals surface area contributed by atoms with Crippen molar-refractivity contribution in [3.8, 4) is 0 Å². The average Bonchev–Trinajstić information content (AvgIpc) is 3.11. The molecule has 0 atom stereocenters. The number of fused-ring (bicyclic) bond motifs is 2. The molecule has 0 radical (unpaired) electrons. The molecule has 0 unspecified atom stereocenters. The normalized spacial score (nSPS) is 14.0. The van der Waals surface area contributed by atoms with E-state index in [9.17, 15) is 13.6 Å². The number of hydrogen-bond donors (Lipinski definition) is 0. The van der Waals surface area contributed by atoms with Gasteiger partial charge in [0, 0.05) is 22.4 Å². The first-order chi connectivity index (χ1) is 11.1. The maximum absolute atomic E-state index is 12.7. The van der Waals surface area contributed by atoms with Crippen LogP contribution in [0.25, 0.3) is 10.1 Å². The third-order valence-electron chi connectivity index (χ3n) is 4.12. The van der Waals surface area contributed by atoms with Gasteiger partial charge in [-0.2, -0.15) is 0 Å². The molecule has 1 aliphatic rings. The smallest absolute Gasteiger partial charge is 0.258 e. The second kappa shape index (κ2) is 5.42. The van der Waals surface area contributed by atoms with Gasteiger partial charge in [0.25, 0.3) is 5.91 Å². The van der Waals surface area contributed by atoms with Gasteiger partial charge in [0.05, 0.1) is 6.54 Å². The summed E-state index contributed by atoms with van der Waals surface area (Å²) < 4.78 is 26.2. The lowest BCUT2D eigenvalue weighted by Gasteiger charge is -2.15. The number of carbonyl (C=O) groups is 1. The number of carbonyl (C=O) groups excluding carboxylic acids is 1. The summed E-state index contributed by atoms with van der Waals surface area (Å²) in [4.78, 5) is 14.4.